The van der Waals surface area contributed by atoms with Crippen molar-refractivity contribution in [2.75, 3.05) is 6.54 Å². The summed E-state index contributed by atoms with van der Waals surface area (Å²) >= 11 is 17.4. The molecule has 0 spiro atoms. The lowest BCUT2D eigenvalue weighted by Crippen LogP contribution is -2.28. The molecule has 0 aliphatic rings. The minimum atomic E-state index is -0.269. The molecule has 0 aliphatic heterocycles. The minimum Gasteiger partial charge on any atom is -0.351 e. The molecule has 1 aromatic carbocycles. The molecule has 0 saturated heterocycles. The van der Waals surface area contributed by atoms with Gasteiger partial charge in [-0.3, -0.25) is 4.79 Å². The molecule has 1 amide bonds. The predicted octanol–water partition coefficient (Wildman–Crippen LogP) is 3.35. The maximum absolute atomic E-state index is 11.6. The van der Waals surface area contributed by atoms with E-state index >= 15 is 0 Å². The molecular formula is C10H10Cl3NO. The standard InChI is InChI=1S/C10H10Cl3NO/c1-6(11)5-14-10(15)7-3-2-4-8(12)9(7)13/h2-4,6H,5H2,1H3,(H,14,15). The fourth-order valence-electron chi connectivity index (χ4n) is 1.01. The average Bonchev–Trinajstić information content (AvgIpc) is 2.18. The lowest BCUT2D eigenvalue weighted by Gasteiger charge is -2.08. The molecule has 0 bridgehead atoms. The first kappa shape index (κ1) is 12.6. The van der Waals surface area contributed by atoms with Gasteiger partial charge in [0.15, 0.2) is 0 Å². The Morgan fingerprint density at radius 3 is 2.73 bits per heavy atom. The summed E-state index contributed by atoms with van der Waals surface area (Å²) < 4.78 is 0. The highest BCUT2D eigenvalue weighted by molar-refractivity contribution is 6.43. The van der Waals surface area contributed by atoms with E-state index in [4.69, 9.17) is 34.8 Å². The van der Waals surface area contributed by atoms with E-state index in [9.17, 15) is 4.79 Å². The highest BCUT2D eigenvalue weighted by atomic mass is 35.5. The number of alkyl halides is 1. The summed E-state index contributed by atoms with van der Waals surface area (Å²) in [6, 6.07) is 4.92. The van der Waals surface area contributed by atoms with E-state index in [2.05, 4.69) is 5.32 Å². The fourth-order valence-corrected chi connectivity index (χ4v) is 1.47. The number of benzene rings is 1. The van der Waals surface area contributed by atoms with Crippen molar-refractivity contribution in [3.63, 3.8) is 0 Å². The third kappa shape index (κ3) is 3.56. The number of carbonyl (C=O) groups excluding carboxylic acids is 1. The van der Waals surface area contributed by atoms with Gasteiger partial charge in [-0.1, -0.05) is 29.3 Å². The van der Waals surface area contributed by atoms with Gasteiger partial charge in [0.1, 0.15) is 0 Å². The van der Waals surface area contributed by atoms with Gasteiger partial charge in [0, 0.05) is 11.9 Å². The molecule has 0 radical (unpaired) electrons. The topological polar surface area (TPSA) is 29.1 Å². The van der Waals surface area contributed by atoms with E-state index in [1.54, 1.807) is 25.1 Å². The molecule has 1 unspecified atom stereocenters. The Labute approximate surface area is 104 Å². The first-order valence-electron chi connectivity index (χ1n) is 4.38. The van der Waals surface area contributed by atoms with Gasteiger partial charge in [-0.25, -0.2) is 0 Å². The Hall–Kier alpha value is -0.440. The molecular weight excluding hydrogens is 256 g/mol. The number of hydrogen-bond donors (Lipinski definition) is 1. The average molecular weight is 267 g/mol. The van der Waals surface area contributed by atoms with E-state index in [-0.39, 0.29) is 16.3 Å². The van der Waals surface area contributed by atoms with E-state index in [0.717, 1.165) is 0 Å². The lowest BCUT2D eigenvalue weighted by atomic mass is 10.2. The molecule has 1 rings (SSSR count). The molecule has 0 saturated carbocycles. The van der Waals surface area contributed by atoms with Crippen LogP contribution in [0.15, 0.2) is 18.2 Å². The van der Waals surface area contributed by atoms with Crippen LogP contribution in [0.25, 0.3) is 0 Å². The van der Waals surface area contributed by atoms with Gasteiger partial charge in [-0.15, -0.1) is 11.6 Å². The predicted molar refractivity (Wildman–Crippen MR) is 64.1 cm³/mol. The second-order valence-corrected chi connectivity index (χ2v) is 4.62. The van der Waals surface area contributed by atoms with Crippen molar-refractivity contribution in [2.45, 2.75) is 12.3 Å². The summed E-state index contributed by atoms with van der Waals surface area (Å²) in [5, 5.41) is 3.16. The van der Waals surface area contributed by atoms with E-state index in [0.29, 0.717) is 17.1 Å². The van der Waals surface area contributed by atoms with Crippen LogP contribution < -0.4 is 5.32 Å². The van der Waals surface area contributed by atoms with Gasteiger partial charge < -0.3 is 5.32 Å². The summed E-state index contributed by atoms with van der Waals surface area (Å²) in [4.78, 5) is 11.6. The van der Waals surface area contributed by atoms with Crippen LogP contribution in [0.3, 0.4) is 0 Å². The van der Waals surface area contributed by atoms with Crippen molar-refractivity contribution in [2.24, 2.45) is 0 Å². The van der Waals surface area contributed by atoms with E-state index in [1.165, 1.54) is 0 Å². The van der Waals surface area contributed by atoms with Gasteiger partial charge in [0.25, 0.3) is 5.91 Å². The monoisotopic (exact) mass is 265 g/mol. The van der Waals surface area contributed by atoms with Crippen LogP contribution in [0.5, 0.6) is 0 Å². The second-order valence-electron chi connectivity index (χ2n) is 3.09. The summed E-state index contributed by atoms with van der Waals surface area (Å²) in [5.41, 5.74) is 0.362. The van der Waals surface area contributed by atoms with E-state index in [1.807, 2.05) is 0 Å². The van der Waals surface area contributed by atoms with Gasteiger partial charge in [-0.2, -0.15) is 0 Å². The lowest BCUT2D eigenvalue weighted by molar-refractivity contribution is 0.0954. The number of nitrogens with one attached hydrogen (secondary N) is 1. The third-order valence-corrected chi connectivity index (χ3v) is 2.71. The number of amides is 1. The van der Waals surface area contributed by atoms with Crippen molar-refractivity contribution in [1.82, 2.24) is 5.32 Å². The summed E-state index contributed by atoms with van der Waals surface area (Å²) in [6.45, 7) is 2.19. The number of rotatable bonds is 3. The van der Waals surface area contributed by atoms with Crippen molar-refractivity contribution < 1.29 is 4.79 Å². The smallest absolute Gasteiger partial charge is 0.252 e. The van der Waals surface area contributed by atoms with Gasteiger partial charge in [0.2, 0.25) is 0 Å². The highest BCUT2D eigenvalue weighted by Gasteiger charge is 2.12. The molecule has 82 valence electrons. The normalized spacial score (nSPS) is 12.3. The Morgan fingerprint density at radius 2 is 2.13 bits per heavy atom. The number of carbonyl (C=O) groups is 1. The zero-order valence-electron chi connectivity index (χ0n) is 8.06. The Balaban J connectivity index is 2.78. The van der Waals surface area contributed by atoms with Crippen LogP contribution in [0, 0.1) is 0 Å². The molecule has 1 atom stereocenters. The second kappa shape index (κ2) is 5.59. The molecule has 15 heavy (non-hydrogen) atoms. The SMILES string of the molecule is CC(Cl)CNC(=O)c1cccc(Cl)c1Cl. The molecule has 0 heterocycles. The van der Waals surface area contributed by atoms with Crippen LogP contribution in [0.4, 0.5) is 0 Å². The zero-order chi connectivity index (χ0) is 11.4. The van der Waals surface area contributed by atoms with Crippen molar-refractivity contribution in [1.29, 1.82) is 0 Å². The van der Waals surface area contributed by atoms with Gasteiger partial charge in [-0.05, 0) is 19.1 Å². The Kier molecular flexibility index (Phi) is 4.71. The van der Waals surface area contributed by atoms with Crippen LogP contribution in [-0.2, 0) is 0 Å². The Morgan fingerprint density at radius 1 is 1.47 bits per heavy atom. The first-order chi connectivity index (χ1) is 7.02. The molecule has 1 N–H and O–H groups in total. The maximum atomic E-state index is 11.6. The summed E-state index contributed by atoms with van der Waals surface area (Å²) in [6.07, 6.45) is 0. The number of hydrogen-bond acceptors (Lipinski definition) is 1. The third-order valence-electron chi connectivity index (χ3n) is 1.74. The molecule has 0 aliphatic carbocycles. The minimum absolute atomic E-state index is 0.119. The van der Waals surface area contributed by atoms with Crippen LogP contribution >= 0.6 is 34.8 Å². The number of halogens is 3. The molecule has 1 aromatic rings. The highest BCUT2D eigenvalue weighted by Crippen LogP contribution is 2.25. The Bertz CT molecular complexity index is 366. The van der Waals surface area contributed by atoms with Crippen LogP contribution in [-0.4, -0.2) is 17.8 Å². The largest absolute Gasteiger partial charge is 0.351 e. The quantitative estimate of drug-likeness (QED) is 0.835. The molecule has 2 nitrogen and oxygen atoms in total. The summed E-state index contributed by atoms with van der Waals surface area (Å²) in [5.74, 6) is -0.269. The summed E-state index contributed by atoms with van der Waals surface area (Å²) in [7, 11) is 0. The van der Waals surface area contributed by atoms with Crippen LogP contribution in [0.2, 0.25) is 10.0 Å². The first-order valence-corrected chi connectivity index (χ1v) is 5.58. The molecule has 0 aromatic heterocycles. The zero-order valence-corrected chi connectivity index (χ0v) is 10.3. The van der Waals surface area contributed by atoms with Crippen molar-refractivity contribution in [3.8, 4) is 0 Å². The fraction of sp³-hybridized carbons (Fsp3) is 0.300. The van der Waals surface area contributed by atoms with Gasteiger partial charge in [0.05, 0.1) is 15.6 Å². The van der Waals surface area contributed by atoms with Crippen molar-refractivity contribution >= 4 is 40.7 Å². The molecule has 5 heteroatoms. The van der Waals surface area contributed by atoms with Gasteiger partial charge >= 0.3 is 0 Å². The maximum Gasteiger partial charge on any atom is 0.252 e. The van der Waals surface area contributed by atoms with Crippen LogP contribution in [0.1, 0.15) is 17.3 Å². The molecule has 0 fully saturated rings. The van der Waals surface area contributed by atoms with E-state index < -0.39 is 0 Å². The van der Waals surface area contributed by atoms with Crippen molar-refractivity contribution in [3.05, 3.63) is 33.8 Å².